The molecule has 0 unspecified atom stereocenters. The minimum Gasteiger partial charge on any atom is -0.392 e. The predicted octanol–water partition coefficient (Wildman–Crippen LogP) is 0.859. The molecule has 0 heterocycles. The summed E-state index contributed by atoms with van der Waals surface area (Å²) in [6, 6.07) is 5.17. The van der Waals surface area contributed by atoms with Crippen LogP contribution in [0.5, 0.6) is 0 Å². The number of aliphatic hydroxyl groups is 1. The molecule has 1 aromatic rings. The van der Waals surface area contributed by atoms with Gasteiger partial charge in [-0.1, -0.05) is 17.7 Å². The van der Waals surface area contributed by atoms with E-state index in [0.717, 1.165) is 11.8 Å². The first-order chi connectivity index (χ1) is 6.42. The maximum absolute atomic E-state index is 11.0. The van der Waals surface area contributed by atoms with Crippen LogP contribution >= 0.6 is 0 Å². The lowest BCUT2D eigenvalue weighted by Crippen LogP contribution is -2.11. The van der Waals surface area contributed by atoms with Crippen molar-refractivity contribution in [3.05, 3.63) is 29.3 Å². The lowest BCUT2D eigenvalue weighted by atomic mass is 10.1. The smallest absolute Gasteiger partial charge is 0.229 e. The van der Waals surface area contributed by atoms with Crippen LogP contribution in [0.25, 0.3) is 0 Å². The van der Waals surface area contributed by atoms with Crippen molar-refractivity contribution >= 4 is 15.7 Å². The largest absolute Gasteiger partial charge is 0.392 e. The third kappa shape index (κ3) is 3.01. The highest BCUT2D eigenvalue weighted by Crippen LogP contribution is 2.18. The van der Waals surface area contributed by atoms with Gasteiger partial charge in [0, 0.05) is 5.56 Å². The average molecular weight is 215 g/mol. The van der Waals surface area contributed by atoms with Gasteiger partial charge in [-0.15, -0.1) is 0 Å². The first-order valence-corrected chi connectivity index (χ1v) is 5.99. The van der Waals surface area contributed by atoms with Crippen LogP contribution in [0.2, 0.25) is 0 Å². The molecule has 4 nitrogen and oxygen atoms in total. The van der Waals surface area contributed by atoms with E-state index in [0.29, 0.717) is 11.3 Å². The van der Waals surface area contributed by atoms with Crippen LogP contribution in [0.15, 0.2) is 18.2 Å². The molecule has 0 saturated heterocycles. The summed E-state index contributed by atoms with van der Waals surface area (Å²) in [6.45, 7) is 1.70. The Morgan fingerprint density at radius 2 is 2.07 bits per heavy atom. The number of aliphatic hydroxyl groups excluding tert-OH is 1. The molecule has 0 radical (unpaired) electrons. The van der Waals surface area contributed by atoms with Gasteiger partial charge in [-0.05, 0) is 13.0 Å². The fraction of sp³-hybridized carbons (Fsp3) is 0.333. The molecule has 0 atom stereocenters. The summed E-state index contributed by atoms with van der Waals surface area (Å²) in [6.07, 6.45) is 1.08. The van der Waals surface area contributed by atoms with Crippen molar-refractivity contribution in [2.45, 2.75) is 13.5 Å². The number of benzene rings is 1. The third-order valence-electron chi connectivity index (χ3n) is 1.73. The molecular formula is C9H13NO3S. The molecule has 0 bridgehead atoms. The second kappa shape index (κ2) is 3.98. The SMILES string of the molecule is Cc1ccc(NS(C)(=O)=O)c(CO)c1. The van der Waals surface area contributed by atoms with E-state index in [-0.39, 0.29) is 6.61 Å². The number of hydrogen-bond donors (Lipinski definition) is 2. The third-order valence-corrected chi connectivity index (χ3v) is 2.32. The molecule has 0 amide bonds. The highest BCUT2D eigenvalue weighted by atomic mass is 32.2. The van der Waals surface area contributed by atoms with E-state index in [9.17, 15) is 8.42 Å². The van der Waals surface area contributed by atoms with Crippen molar-refractivity contribution in [2.75, 3.05) is 11.0 Å². The lowest BCUT2D eigenvalue weighted by Gasteiger charge is -2.09. The second-order valence-electron chi connectivity index (χ2n) is 3.19. The Bertz CT molecular complexity index is 426. The summed E-state index contributed by atoms with van der Waals surface area (Å²) in [5.74, 6) is 0. The second-order valence-corrected chi connectivity index (χ2v) is 4.94. The molecule has 0 spiro atoms. The van der Waals surface area contributed by atoms with Crippen LogP contribution in [-0.4, -0.2) is 19.8 Å². The van der Waals surface area contributed by atoms with E-state index in [1.807, 2.05) is 6.92 Å². The van der Waals surface area contributed by atoms with Gasteiger partial charge in [0.2, 0.25) is 10.0 Å². The van der Waals surface area contributed by atoms with Gasteiger partial charge in [-0.25, -0.2) is 8.42 Å². The maximum Gasteiger partial charge on any atom is 0.229 e. The van der Waals surface area contributed by atoms with Gasteiger partial charge >= 0.3 is 0 Å². The molecule has 0 saturated carbocycles. The Labute approximate surface area is 83.6 Å². The number of aryl methyl sites for hydroxylation is 1. The molecule has 5 heteroatoms. The number of sulfonamides is 1. The summed E-state index contributed by atoms with van der Waals surface area (Å²) in [5, 5.41) is 9.00. The van der Waals surface area contributed by atoms with Crippen LogP contribution in [0.1, 0.15) is 11.1 Å². The molecule has 14 heavy (non-hydrogen) atoms. The van der Waals surface area contributed by atoms with Crippen molar-refractivity contribution in [1.82, 2.24) is 0 Å². The summed E-state index contributed by atoms with van der Waals surface area (Å²) in [7, 11) is -3.28. The van der Waals surface area contributed by atoms with Gasteiger partial charge < -0.3 is 5.11 Å². The molecule has 78 valence electrons. The Morgan fingerprint density at radius 3 is 2.57 bits per heavy atom. The van der Waals surface area contributed by atoms with E-state index in [1.165, 1.54) is 0 Å². The Balaban J connectivity index is 3.09. The van der Waals surface area contributed by atoms with Crippen molar-refractivity contribution in [3.63, 3.8) is 0 Å². The van der Waals surface area contributed by atoms with Crippen molar-refractivity contribution < 1.29 is 13.5 Å². The van der Waals surface area contributed by atoms with Crippen molar-refractivity contribution in [2.24, 2.45) is 0 Å². The standard InChI is InChI=1S/C9H13NO3S/c1-7-3-4-9(8(5-7)6-11)10-14(2,12)13/h3-5,10-11H,6H2,1-2H3. The molecule has 0 aliphatic carbocycles. The van der Waals surface area contributed by atoms with Gasteiger partial charge in [0.15, 0.2) is 0 Å². The van der Waals surface area contributed by atoms with Gasteiger partial charge in [-0.3, -0.25) is 4.72 Å². The molecule has 0 fully saturated rings. The lowest BCUT2D eigenvalue weighted by molar-refractivity contribution is 0.282. The Hall–Kier alpha value is -1.07. The average Bonchev–Trinajstić information content (AvgIpc) is 2.06. The van der Waals surface area contributed by atoms with Gasteiger partial charge in [-0.2, -0.15) is 0 Å². The molecule has 1 aromatic carbocycles. The monoisotopic (exact) mass is 215 g/mol. The molecule has 0 aliphatic rings. The van der Waals surface area contributed by atoms with Gasteiger partial charge in [0.05, 0.1) is 18.6 Å². The summed E-state index contributed by atoms with van der Waals surface area (Å²) < 4.78 is 24.3. The topological polar surface area (TPSA) is 66.4 Å². The highest BCUT2D eigenvalue weighted by molar-refractivity contribution is 7.92. The zero-order chi connectivity index (χ0) is 10.8. The van der Waals surface area contributed by atoms with E-state index in [4.69, 9.17) is 5.11 Å². The van der Waals surface area contributed by atoms with Crippen molar-refractivity contribution in [1.29, 1.82) is 0 Å². The van der Waals surface area contributed by atoms with E-state index in [2.05, 4.69) is 4.72 Å². The van der Waals surface area contributed by atoms with Gasteiger partial charge in [0.25, 0.3) is 0 Å². The van der Waals surface area contributed by atoms with Crippen LogP contribution in [0, 0.1) is 6.92 Å². The summed E-state index contributed by atoms with van der Waals surface area (Å²) in [5.41, 5.74) is 1.99. The van der Waals surface area contributed by atoms with Gasteiger partial charge in [0.1, 0.15) is 0 Å². The number of hydrogen-bond acceptors (Lipinski definition) is 3. The molecular weight excluding hydrogens is 202 g/mol. The van der Waals surface area contributed by atoms with E-state index >= 15 is 0 Å². The quantitative estimate of drug-likeness (QED) is 0.785. The van der Waals surface area contributed by atoms with E-state index in [1.54, 1.807) is 18.2 Å². The Kier molecular flexibility index (Phi) is 3.13. The maximum atomic E-state index is 11.0. The normalized spacial score (nSPS) is 11.4. The minimum absolute atomic E-state index is 0.181. The summed E-state index contributed by atoms with van der Waals surface area (Å²) in [4.78, 5) is 0. The van der Waals surface area contributed by atoms with Crippen molar-refractivity contribution in [3.8, 4) is 0 Å². The fourth-order valence-corrected chi connectivity index (χ4v) is 1.75. The first kappa shape index (κ1) is 11.0. The molecule has 1 rings (SSSR count). The van der Waals surface area contributed by atoms with E-state index < -0.39 is 10.0 Å². The number of rotatable bonds is 3. The Morgan fingerprint density at radius 1 is 1.43 bits per heavy atom. The minimum atomic E-state index is -3.28. The first-order valence-electron chi connectivity index (χ1n) is 4.10. The van der Waals surface area contributed by atoms with Crippen LogP contribution in [0.3, 0.4) is 0 Å². The molecule has 0 aromatic heterocycles. The molecule has 0 aliphatic heterocycles. The van der Waals surface area contributed by atoms with Crippen LogP contribution in [-0.2, 0) is 16.6 Å². The number of nitrogens with one attached hydrogen (secondary N) is 1. The fourth-order valence-electron chi connectivity index (χ4n) is 1.15. The zero-order valence-corrected chi connectivity index (χ0v) is 8.93. The highest BCUT2D eigenvalue weighted by Gasteiger charge is 2.06. The summed E-state index contributed by atoms with van der Waals surface area (Å²) >= 11 is 0. The van der Waals surface area contributed by atoms with Crippen LogP contribution < -0.4 is 4.72 Å². The van der Waals surface area contributed by atoms with Crippen LogP contribution in [0.4, 0.5) is 5.69 Å². The number of anilines is 1. The predicted molar refractivity (Wildman–Crippen MR) is 55.6 cm³/mol. The zero-order valence-electron chi connectivity index (χ0n) is 8.11. The molecule has 2 N–H and O–H groups in total.